The Bertz CT molecular complexity index is 401. The number of hydrogen-bond acceptors (Lipinski definition) is 3. The van der Waals surface area contributed by atoms with Crippen molar-refractivity contribution in [1.82, 2.24) is 5.32 Å². The number of rotatable bonds is 4. The molecule has 0 spiro atoms. The van der Waals surface area contributed by atoms with Crippen LogP contribution in [0.2, 0.25) is 0 Å². The molecule has 5 heteroatoms. The van der Waals surface area contributed by atoms with E-state index < -0.39 is 11.6 Å². The Hall–Kier alpha value is -1.04. The third-order valence-electron chi connectivity index (χ3n) is 2.79. The normalized spacial score (nSPS) is 24.2. The lowest BCUT2D eigenvalue weighted by molar-refractivity contribution is -0.0716. The third-order valence-corrected chi connectivity index (χ3v) is 2.79. The van der Waals surface area contributed by atoms with Crippen LogP contribution in [0, 0.1) is 11.6 Å². The van der Waals surface area contributed by atoms with Crippen LogP contribution >= 0.6 is 0 Å². The molecule has 1 aromatic rings. The number of ether oxygens (including phenoxy) is 2. The Morgan fingerprint density at radius 3 is 2.89 bits per heavy atom. The molecular weight excluding hydrogens is 240 g/mol. The third kappa shape index (κ3) is 3.73. The van der Waals surface area contributed by atoms with Gasteiger partial charge in [-0.3, -0.25) is 0 Å². The first-order chi connectivity index (χ1) is 8.65. The molecule has 100 valence electrons. The second kappa shape index (κ2) is 6.22. The van der Waals surface area contributed by atoms with Gasteiger partial charge >= 0.3 is 0 Å². The van der Waals surface area contributed by atoms with E-state index in [2.05, 4.69) is 5.32 Å². The Labute approximate surface area is 105 Å². The van der Waals surface area contributed by atoms with Crippen molar-refractivity contribution in [1.29, 1.82) is 0 Å². The molecule has 2 unspecified atom stereocenters. The van der Waals surface area contributed by atoms with Crippen LogP contribution in [0.15, 0.2) is 18.2 Å². The molecule has 1 fully saturated rings. The highest BCUT2D eigenvalue weighted by Crippen LogP contribution is 2.10. The molecule has 0 bridgehead atoms. The van der Waals surface area contributed by atoms with E-state index in [0.717, 1.165) is 25.2 Å². The van der Waals surface area contributed by atoms with Crippen molar-refractivity contribution in [2.75, 3.05) is 19.7 Å². The minimum absolute atomic E-state index is 0.0130. The first-order valence-corrected chi connectivity index (χ1v) is 6.03. The number of halogens is 2. The molecule has 0 amide bonds. The lowest BCUT2D eigenvalue weighted by Gasteiger charge is -2.28. The van der Waals surface area contributed by atoms with E-state index in [4.69, 9.17) is 9.47 Å². The lowest BCUT2D eigenvalue weighted by atomic mass is 10.2. The van der Waals surface area contributed by atoms with Crippen LogP contribution < -0.4 is 5.32 Å². The standard InChI is InChI=1S/C13H17F2NO2/c1-9-5-16-6-11(18-9)8-17-7-10-2-3-12(14)13(15)4-10/h2-4,9,11,16H,5-8H2,1H3. The summed E-state index contributed by atoms with van der Waals surface area (Å²) in [5.74, 6) is -1.69. The van der Waals surface area contributed by atoms with Gasteiger partial charge in [-0.2, -0.15) is 0 Å². The molecule has 0 radical (unpaired) electrons. The summed E-state index contributed by atoms with van der Waals surface area (Å²) in [6.45, 7) is 4.29. The molecular formula is C13H17F2NO2. The van der Waals surface area contributed by atoms with Crippen molar-refractivity contribution in [2.45, 2.75) is 25.7 Å². The van der Waals surface area contributed by atoms with Gasteiger partial charge < -0.3 is 14.8 Å². The Morgan fingerprint density at radius 2 is 2.17 bits per heavy atom. The molecule has 1 N–H and O–H groups in total. The molecule has 2 rings (SSSR count). The second-order valence-corrected chi connectivity index (χ2v) is 4.49. The zero-order chi connectivity index (χ0) is 13.0. The fraction of sp³-hybridized carbons (Fsp3) is 0.538. The van der Waals surface area contributed by atoms with Crippen LogP contribution in [0.1, 0.15) is 12.5 Å². The van der Waals surface area contributed by atoms with Crippen LogP contribution in [0.5, 0.6) is 0 Å². The summed E-state index contributed by atoms with van der Waals surface area (Å²) in [4.78, 5) is 0. The van der Waals surface area contributed by atoms with Crippen molar-refractivity contribution in [3.8, 4) is 0 Å². The summed E-state index contributed by atoms with van der Waals surface area (Å²) in [6, 6.07) is 3.77. The number of hydrogen-bond donors (Lipinski definition) is 1. The molecule has 0 aliphatic carbocycles. The van der Waals surface area contributed by atoms with Gasteiger partial charge in [-0.15, -0.1) is 0 Å². The van der Waals surface area contributed by atoms with E-state index in [0.29, 0.717) is 12.2 Å². The zero-order valence-electron chi connectivity index (χ0n) is 10.3. The molecule has 1 aliphatic rings. The molecule has 0 saturated carbocycles. The van der Waals surface area contributed by atoms with Crippen LogP contribution in [0.3, 0.4) is 0 Å². The Morgan fingerprint density at radius 1 is 1.33 bits per heavy atom. The minimum atomic E-state index is -0.847. The van der Waals surface area contributed by atoms with Crippen molar-refractivity contribution < 1.29 is 18.3 Å². The molecule has 1 aliphatic heterocycles. The molecule has 18 heavy (non-hydrogen) atoms. The van der Waals surface area contributed by atoms with Gasteiger partial charge in [0.1, 0.15) is 0 Å². The maximum Gasteiger partial charge on any atom is 0.159 e. The van der Waals surface area contributed by atoms with Crippen molar-refractivity contribution >= 4 is 0 Å². The smallest absolute Gasteiger partial charge is 0.159 e. The monoisotopic (exact) mass is 257 g/mol. The van der Waals surface area contributed by atoms with Gasteiger partial charge in [-0.05, 0) is 24.6 Å². The molecule has 1 heterocycles. The summed E-state index contributed by atoms with van der Waals surface area (Å²) in [5, 5.41) is 3.24. The maximum absolute atomic E-state index is 12.9. The van der Waals surface area contributed by atoms with E-state index in [-0.39, 0.29) is 18.8 Å². The fourth-order valence-electron chi connectivity index (χ4n) is 1.91. The van der Waals surface area contributed by atoms with Crippen LogP contribution in [-0.2, 0) is 16.1 Å². The Kier molecular flexibility index (Phi) is 4.63. The highest BCUT2D eigenvalue weighted by Gasteiger charge is 2.18. The topological polar surface area (TPSA) is 30.5 Å². The van der Waals surface area contributed by atoms with E-state index in [9.17, 15) is 8.78 Å². The summed E-state index contributed by atoms with van der Waals surface area (Å²) < 4.78 is 36.8. The first-order valence-electron chi connectivity index (χ1n) is 6.03. The van der Waals surface area contributed by atoms with Gasteiger partial charge in [0.15, 0.2) is 11.6 Å². The largest absolute Gasteiger partial charge is 0.374 e. The second-order valence-electron chi connectivity index (χ2n) is 4.49. The molecule has 3 nitrogen and oxygen atoms in total. The van der Waals surface area contributed by atoms with Crippen molar-refractivity contribution in [3.63, 3.8) is 0 Å². The highest BCUT2D eigenvalue weighted by atomic mass is 19.2. The lowest BCUT2D eigenvalue weighted by Crippen LogP contribution is -2.45. The number of benzene rings is 1. The van der Waals surface area contributed by atoms with Gasteiger partial charge in [0, 0.05) is 13.1 Å². The highest BCUT2D eigenvalue weighted by molar-refractivity contribution is 5.16. The van der Waals surface area contributed by atoms with Gasteiger partial charge in [0.25, 0.3) is 0 Å². The average Bonchev–Trinajstić information content (AvgIpc) is 2.34. The summed E-state index contributed by atoms with van der Waals surface area (Å²) >= 11 is 0. The van der Waals surface area contributed by atoms with Crippen molar-refractivity contribution in [3.05, 3.63) is 35.4 Å². The van der Waals surface area contributed by atoms with Gasteiger partial charge in [0.05, 0.1) is 25.4 Å². The van der Waals surface area contributed by atoms with Crippen LogP contribution in [-0.4, -0.2) is 31.9 Å². The molecule has 2 atom stereocenters. The molecule has 1 aromatic carbocycles. The fourth-order valence-corrected chi connectivity index (χ4v) is 1.91. The number of morpholine rings is 1. The minimum Gasteiger partial charge on any atom is -0.374 e. The van der Waals surface area contributed by atoms with Gasteiger partial charge in [-0.25, -0.2) is 8.78 Å². The molecule has 1 saturated heterocycles. The Balaban J connectivity index is 1.76. The predicted octanol–water partition coefficient (Wildman–Crippen LogP) is 1.86. The summed E-state index contributed by atoms with van der Waals surface area (Å²) in [5.41, 5.74) is 0.616. The number of nitrogens with one attached hydrogen (secondary N) is 1. The van der Waals surface area contributed by atoms with E-state index in [1.807, 2.05) is 6.92 Å². The van der Waals surface area contributed by atoms with Crippen molar-refractivity contribution in [2.24, 2.45) is 0 Å². The summed E-state index contributed by atoms with van der Waals surface area (Å²) in [7, 11) is 0. The van der Waals surface area contributed by atoms with Crippen LogP contribution in [0.25, 0.3) is 0 Å². The first kappa shape index (κ1) is 13.4. The zero-order valence-corrected chi connectivity index (χ0v) is 10.3. The maximum atomic E-state index is 12.9. The molecule has 0 aromatic heterocycles. The quantitative estimate of drug-likeness (QED) is 0.893. The van der Waals surface area contributed by atoms with E-state index >= 15 is 0 Å². The SMILES string of the molecule is CC1CNCC(COCc2ccc(F)c(F)c2)O1. The van der Waals surface area contributed by atoms with Gasteiger partial charge in [-0.1, -0.05) is 6.07 Å². The van der Waals surface area contributed by atoms with E-state index in [1.54, 1.807) is 0 Å². The van der Waals surface area contributed by atoms with Gasteiger partial charge in [0.2, 0.25) is 0 Å². The average molecular weight is 257 g/mol. The predicted molar refractivity (Wildman–Crippen MR) is 63.2 cm³/mol. The van der Waals surface area contributed by atoms with E-state index in [1.165, 1.54) is 6.07 Å². The van der Waals surface area contributed by atoms with Crippen LogP contribution in [0.4, 0.5) is 8.78 Å². The summed E-state index contributed by atoms with van der Waals surface area (Å²) in [6.07, 6.45) is 0.190.